The van der Waals surface area contributed by atoms with E-state index in [1.807, 2.05) is 18.2 Å². The molecule has 1 aliphatic heterocycles. The van der Waals surface area contributed by atoms with Crippen LogP contribution in [-0.2, 0) is 6.54 Å². The van der Waals surface area contributed by atoms with Crippen molar-refractivity contribution in [1.29, 1.82) is 0 Å². The average molecular weight is 367 g/mol. The van der Waals surface area contributed by atoms with Crippen molar-refractivity contribution in [2.45, 2.75) is 6.54 Å². The highest BCUT2D eigenvalue weighted by Crippen LogP contribution is 2.29. The van der Waals surface area contributed by atoms with Gasteiger partial charge < -0.3 is 14.5 Å². The fraction of sp³-hybridized carbons (Fsp3) is 0.286. The van der Waals surface area contributed by atoms with E-state index in [2.05, 4.69) is 46.7 Å². The molecule has 4 rings (SSSR count). The molecule has 1 aliphatic rings. The standard InChI is InChI=1S/C21H23N3OS/c1-25-19-9-5-8-18(14-19)20-16-26-21(22-20)24-12-10-23(11-13-24)15-17-6-3-2-4-7-17/h2-9,14,16H,10-13,15H2,1H3/p+1. The Bertz CT molecular complexity index is 841. The zero-order valence-corrected chi connectivity index (χ0v) is 15.8. The molecule has 5 heteroatoms. The Morgan fingerprint density at radius 3 is 2.65 bits per heavy atom. The van der Waals surface area contributed by atoms with Crippen molar-refractivity contribution in [3.63, 3.8) is 0 Å². The van der Waals surface area contributed by atoms with Crippen molar-refractivity contribution in [1.82, 2.24) is 4.98 Å². The monoisotopic (exact) mass is 366 g/mol. The average Bonchev–Trinajstić information content (AvgIpc) is 3.20. The molecule has 1 N–H and O–H groups in total. The summed E-state index contributed by atoms with van der Waals surface area (Å²) < 4.78 is 5.32. The van der Waals surface area contributed by atoms with E-state index in [1.165, 1.54) is 5.56 Å². The molecule has 2 aromatic carbocycles. The lowest BCUT2D eigenvalue weighted by molar-refractivity contribution is -0.914. The van der Waals surface area contributed by atoms with Crippen LogP contribution in [-0.4, -0.2) is 38.3 Å². The van der Waals surface area contributed by atoms with Crippen LogP contribution < -0.4 is 14.5 Å². The summed E-state index contributed by atoms with van der Waals surface area (Å²) in [4.78, 5) is 8.94. The van der Waals surface area contributed by atoms with E-state index >= 15 is 0 Å². The summed E-state index contributed by atoms with van der Waals surface area (Å²) in [6, 6.07) is 18.9. The molecule has 0 amide bonds. The molecule has 4 nitrogen and oxygen atoms in total. The highest BCUT2D eigenvalue weighted by molar-refractivity contribution is 7.14. The van der Waals surface area contributed by atoms with E-state index < -0.39 is 0 Å². The molecule has 0 aliphatic carbocycles. The number of anilines is 1. The van der Waals surface area contributed by atoms with Gasteiger partial charge in [0.15, 0.2) is 5.13 Å². The molecule has 0 unspecified atom stereocenters. The normalized spacial score (nSPS) is 15.2. The van der Waals surface area contributed by atoms with Gasteiger partial charge in [-0.3, -0.25) is 0 Å². The van der Waals surface area contributed by atoms with Gasteiger partial charge in [0.05, 0.1) is 39.0 Å². The number of nitrogens with zero attached hydrogens (tertiary/aromatic N) is 2. The number of quaternary nitrogens is 1. The van der Waals surface area contributed by atoms with Crippen LogP contribution in [0.15, 0.2) is 60.0 Å². The first-order valence-electron chi connectivity index (χ1n) is 9.04. The van der Waals surface area contributed by atoms with Gasteiger partial charge in [-0.05, 0) is 12.1 Å². The predicted molar refractivity (Wildman–Crippen MR) is 107 cm³/mol. The number of piperazine rings is 1. The lowest BCUT2D eigenvalue weighted by Crippen LogP contribution is -3.13. The smallest absolute Gasteiger partial charge is 0.186 e. The molecule has 1 saturated heterocycles. The zero-order valence-electron chi connectivity index (χ0n) is 15.0. The number of rotatable bonds is 5. The van der Waals surface area contributed by atoms with Crippen LogP contribution in [0.25, 0.3) is 11.3 Å². The summed E-state index contributed by atoms with van der Waals surface area (Å²) in [5.41, 5.74) is 3.56. The number of aromatic nitrogens is 1. The third-order valence-corrected chi connectivity index (χ3v) is 5.80. The van der Waals surface area contributed by atoms with Crippen LogP contribution in [0.1, 0.15) is 5.56 Å². The molecule has 0 radical (unpaired) electrons. The van der Waals surface area contributed by atoms with E-state index in [1.54, 1.807) is 23.3 Å². The van der Waals surface area contributed by atoms with Crippen molar-refractivity contribution in [3.8, 4) is 17.0 Å². The lowest BCUT2D eigenvalue weighted by atomic mass is 10.2. The molecule has 26 heavy (non-hydrogen) atoms. The third kappa shape index (κ3) is 3.89. The Hall–Kier alpha value is -2.37. The molecular weight excluding hydrogens is 342 g/mol. The number of methoxy groups -OCH3 is 1. The van der Waals surface area contributed by atoms with Gasteiger partial charge in [-0.15, -0.1) is 11.3 Å². The SMILES string of the molecule is COc1cccc(-c2csc(N3CC[NH+](Cc4ccccc4)CC3)n2)c1. The molecule has 2 heterocycles. The van der Waals surface area contributed by atoms with Gasteiger partial charge in [0, 0.05) is 16.5 Å². The highest BCUT2D eigenvalue weighted by atomic mass is 32.1. The van der Waals surface area contributed by atoms with Crippen LogP contribution in [0.2, 0.25) is 0 Å². The second kappa shape index (κ2) is 7.89. The minimum absolute atomic E-state index is 0.871. The minimum Gasteiger partial charge on any atom is -0.497 e. The van der Waals surface area contributed by atoms with Crippen molar-refractivity contribution < 1.29 is 9.64 Å². The largest absolute Gasteiger partial charge is 0.497 e. The fourth-order valence-corrected chi connectivity index (χ4v) is 4.29. The van der Waals surface area contributed by atoms with E-state index in [0.717, 1.165) is 54.9 Å². The summed E-state index contributed by atoms with van der Waals surface area (Å²) in [7, 11) is 1.70. The molecule has 1 aromatic heterocycles. The summed E-state index contributed by atoms with van der Waals surface area (Å²) in [5.74, 6) is 0.871. The lowest BCUT2D eigenvalue weighted by Gasteiger charge is -2.32. The zero-order chi connectivity index (χ0) is 17.8. The van der Waals surface area contributed by atoms with E-state index in [4.69, 9.17) is 9.72 Å². The van der Waals surface area contributed by atoms with E-state index in [9.17, 15) is 0 Å². The molecular formula is C21H24N3OS+. The number of hydrogen-bond donors (Lipinski definition) is 1. The summed E-state index contributed by atoms with van der Waals surface area (Å²) in [6.07, 6.45) is 0. The summed E-state index contributed by atoms with van der Waals surface area (Å²) in [6.45, 7) is 5.55. The summed E-state index contributed by atoms with van der Waals surface area (Å²) in [5, 5.41) is 3.27. The molecule has 0 bridgehead atoms. The second-order valence-corrected chi connectivity index (χ2v) is 7.48. The van der Waals surface area contributed by atoms with E-state index in [0.29, 0.717) is 0 Å². The molecule has 0 spiro atoms. The van der Waals surface area contributed by atoms with Gasteiger partial charge in [0.25, 0.3) is 0 Å². The van der Waals surface area contributed by atoms with Crippen LogP contribution >= 0.6 is 11.3 Å². The Morgan fingerprint density at radius 1 is 1.08 bits per heavy atom. The van der Waals surface area contributed by atoms with Crippen molar-refractivity contribution in [2.75, 3.05) is 38.2 Å². The first-order chi connectivity index (χ1) is 12.8. The van der Waals surface area contributed by atoms with Gasteiger partial charge in [0.2, 0.25) is 0 Å². The van der Waals surface area contributed by atoms with Crippen molar-refractivity contribution >= 4 is 16.5 Å². The van der Waals surface area contributed by atoms with Gasteiger partial charge in [-0.2, -0.15) is 0 Å². The predicted octanol–water partition coefficient (Wildman–Crippen LogP) is 2.72. The Kier molecular flexibility index (Phi) is 5.18. The number of nitrogens with one attached hydrogen (secondary N) is 1. The Labute approximate surface area is 158 Å². The van der Waals surface area contributed by atoms with Gasteiger partial charge in [0.1, 0.15) is 12.3 Å². The maximum Gasteiger partial charge on any atom is 0.186 e. The number of benzene rings is 2. The second-order valence-electron chi connectivity index (χ2n) is 6.65. The Morgan fingerprint density at radius 2 is 1.88 bits per heavy atom. The third-order valence-electron chi connectivity index (χ3n) is 4.90. The molecule has 0 atom stereocenters. The molecule has 3 aromatic rings. The molecule has 134 valence electrons. The molecule has 1 fully saturated rings. The first-order valence-corrected chi connectivity index (χ1v) is 9.92. The topological polar surface area (TPSA) is 29.8 Å². The van der Waals surface area contributed by atoms with Crippen LogP contribution in [0.4, 0.5) is 5.13 Å². The Balaban J connectivity index is 1.38. The fourth-order valence-electron chi connectivity index (χ4n) is 3.40. The highest BCUT2D eigenvalue weighted by Gasteiger charge is 2.22. The maximum atomic E-state index is 5.32. The van der Waals surface area contributed by atoms with Gasteiger partial charge >= 0.3 is 0 Å². The number of hydrogen-bond acceptors (Lipinski definition) is 4. The summed E-state index contributed by atoms with van der Waals surface area (Å²) >= 11 is 1.73. The van der Waals surface area contributed by atoms with Crippen LogP contribution in [0.5, 0.6) is 5.75 Å². The van der Waals surface area contributed by atoms with E-state index in [-0.39, 0.29) is 0 Å². The van der Waals surface area contributed by atoms with Gasteiger partial charge in [-0.25, -0.2) is 4.98 Å². The number of ether oxygens (including phenoxy) is 1. The van der Waals surface area contributed by atoms with Crippen LogP contribution in [0.3, 0.4) is 0 Å². The number of thiazole rings is 1. The minimum atomic E-state index is 0.871. The quantitative estimate of drug-likeness (QED) is 0.753. The maximum absolute atomic E-state index is 5.32. The molecule has 0 saturated carbocycles. The first kappa shape index (κ1) is 17.1. The van der Waals surface area contributed by atoms with Gasteiger partial charge in [-0.1, -0.05) is 42.5 Å². The van der Waals surface area contributed by atoms with Crippen molar-refractivity contribution in [2.24, 2.45) is 0 Å². The van der Waals surface area contributed by atoms with Crippen LogP contribution in [0, 0.1) is 0 Å². The van der Waals surface area contributed by atoms with Crippen molar-refractivity contribution in [3.05, 3.63) is 65.5 Å².